The molecule has 0 bridgehead atoms. The molecule has 2 aromatic carbocycles. The Morgan fingerprint density at radius 3 is 2.88 bits per heavy atom. The average molecular weight is 422 g/mol. The zero-order valence-electron chi connectivity index (χ0n) is 17.6. The SMILES string of the molecule is Cc1cccc(Cn2cc(C(=O)NC3=CCC(=O)C(c4cc5ccccc5[nH]4)=C3)cn2)c1. The van der Waals surface area contributed by atoms with Crippen LogP contribution in [0.2, 0.25) is 0 Å². The molecular weight excluding hydrogens is 400 g/mol. The van der Waals surface area contributed by atoms with E-state index in [9.17, 15) is 9.59 Å². The normalized spacial score (nSPS) is 13.7. The predicted molar refractivity (Wildman–Crippen MR) is 124 cm³/mol. The Morgan fingerprint density at radius 1 is 1.16 bits per heavy atom. The van der Waals surface area contributed by atoms with Gasteiger partial charge in [-0.25, -0.2) is 0 Å². The van der Waals surface area contributed by atoms with Gasteiger partial charge in [-0.2, -0.15) is 5.10 Å². The van der Waals surface area contributed by atoms with Crippen molar-refractivity contribution in [3.8, 4) is 0 Å². The van der Waals surface area contributed by atoms with Crippen molar-refractivity contribution in [3.05, 3.63) is 107 Å². The summed E-state index contributed by atoms with van der Waals surface area (Å²) in [6.07, 6.45) is 7.00. The fraction of sp³-hybridized carbons (Fsp3) is 0.115. The first-order valence-corrected chi connectivity index (χ1v) is 10.5. The molecule has 0 fully saturated rings. The second kappa shape index (κ2) is 8.15. The molecule has 2 N–H and O–H groups in total. The van der Waals surface area contributed by atoms with Gasteiger partial charge in [0.05, 0.1) is 24.0 Å². The maximum Gasteiger partial charge on any atom is 0.258 e. The maximum absolute atomic E-state index is 12.8. The van der Waals surface area contributed by atoms with Crippen LogP contribution in [0.3, 0.4) is 0 Å². The lowest BCUT2D eigenvalue weighted by Gasteiger charge is -2.13. The summed E-state index contributed by atoms with van der Waals surface area (Å²) in [7, 11) is 0. The molecule has 5 rings (SSSR count). The van der Waals surface area contributed by atoms with E-state index in [0.29, 0.717) is 23.4 Å². The molecule has 0 radical (unpaired) electrons. The number of H-pyrrole nitrogens is 1. The molecule has 32 heavy (non-hydrogen) atoms. The predicted octanol–water partition coefficient (Wildman–Crippen LogP) is 4.39. The smallest absolute Gasteiger partial charge is 0.258 e. The number of aromatic amines is 1. The van der Waals surface area contributed by atoms with Gasteiger partial charge in [-0.15, -0.1) is 0 Å². The summed E-state index contributed by atoms with van der Waals surface area (Å²) in [6.45, 7) is 2.64. The van der Waals surface area contributed by atoms with Crippen molar-refractivity contribution < 1.29 is 9.59 Å². The van der Waals surface area contributed by atoms with Gasteiger partial charge in [0.1, 0.15) is 0 Å². The van der Waals surface area contributed by atoms with Crippen LogP contribution in [0.4, 0.5) is 0 Å². The van der Waals surface area contributed by atoms with Crippen LogP contribution in [-0.2, 0) is 11.3 Å². The molecule has 158 valence electrons. The zero-order valence-corrected chi connectivity index (χ0v) is 17.6. The van der Waals surface area contributed by atoms with Crippen molar-refractivity contribution in [2.24, 2.45) is 0 Å². The summed E-state index contributed by atoms with van der Waals surface area (Å²) in [6, 6.07) is 18.0. The third kappa shape index (κ3) is 4.03. The lowest BCUT2D eigenvalue weighted by molar-refractivity contribution is -0.113. The number of fused-ring (bicyclic) bond motifs is 1. The number of carbonyl (C=O) groups is 2. The van der Waals surface area contributed by atoms with E-state index in [-0.39, 0.29) is 18.1 Å². The van der Waals surface area contributed by atoms with Gasteiger partial charge in [0.15, 0.2) is 5.78 Å². The minimum absolute atomic E-state index is 0.0144. The second-order valence-electron chi connectivity index (χ2n) is 7.98. The molecule has 0 atom stereocenters. The van der Waals surface area contributed by atoms with Crippen LogP contribution < -0.4 is 5.32 Å². The molecule has 2 aromatic heterocycles. The number of Topliss-reactive ketones (excluding diaryl/α,β-unsaturated/α-hetero) is 1. The standard InChI is InChI=1S/C26H22N4O2/c1-17-5-4-6-18(11-17)15-30-16-20(14-27-30)26(32)28-21-9-10-25(31)22(13-21)24-12-19-7-2-3-8-23(19)29-24/h2-9,11-14,16,29H,10,15H2,1H3,(H,28,32). The monoisotopic (exact) mass is 422 g/mol. The molecule has 0 aliphatic heterocycles. The third-order valence-electron chi connectivity index (χ3n) is 5.51. The first-order valence-electron chi connectivity index (χ1n) is 10.5. The van der Waals surface area contributed by atoms with Gasteiger partial charge >= 0.3 is 0 Å². The van der Waals surface area contributed by atoms with E-state index >= 15 is 0 Å². The Bertz CT molecular complexity index is 1370. The van der Waals surface area contributed by atoms with Crippen LogP contribution in [0.5, 0.6) is 0 Å². The van der Waals surface area contributed by atoms with E-state index in [2.05, 4.69) is 21.5 Å². The number of para-hydroxylation sites is 1. The van der Waals surface area contributed by atoms with E-state index in [0.717, 1.165) is 22.2 Å². The molecule has 2 heterocycles. The molecule has 0 unspecified atom stereocenters. The number of hydrogen-bond donors (Lipinski definition) is 2. The van der Waals surface area contributed by atoms with Crippen LogP contribution >= 0.6 is 0 Å². The summed E-state index contributed by atoms with van der Waals surface area (Å²) in [5, 5.41) is 8.26. The number of benzene rings is 2. The average Bonchev–Trinajstić information content (AvgIpc) is 3.42. The number of carbonyl (C=O) groups excluding carboxylic acids is 2. The van der Waals surface area contributed by atoms with Crippen molar-refractivity contribution in [3.63, 3.8) is 0 Å². The van der Waals surface area contributed by atoms with E-state index < -0.39 is 0 Å². The van der Waals surface area contributed by atoms with Crippen LogP contribution in [-0.4, -0.2) is 26.5 Å². The number of ketones is 1. The van der Waals surface area contributed by atoms with Crippen molar-refractivity contribution in [1.82, 2.24) is 20.1 Å². The van der Waals surface area contributed by atoms with E-state index in [1.54, 1.807) is 29.2 Å². The zero-order chi connectivity index (χ0) is 22.1. The van der Waals surface area contributed by atoms with Crippen LogP contribution in [0.1, 0.15) is 33.6 Å². The minimum atomic E-state index is -0.256. The molecule has 4 aromatic rings. The Hall–Kier alpha value is -4.19. The number of rotatable bonds is 5. The number of amides is 1. The molecule has 1 aliphatic carbocycles. The van der Waals surface area contributed by atoms with Gasteiger partial charge < -0.3 is 10.3 Å². The Labute approximate surface area is 185 Å². The maximum atomic E-state index is 12.8. The number of aromatic nitrogens is 3. The number of nitrogens with zero attached hydrogens (tertiary/aromatic N) is 2. The molecule has 0 saturated carbocycles. The Kier molecular flexibility index (Phi) is 5.03. The second-order valence-corrected chi connectivity index (χ2v) is 7.98. The van der Waals surface area contributed by atoms with E-state index in [1.807, 2.05) is 55.5 Å². The highest BCUT2D eigenvalue weighted by molar-refractivity contribution is 6.23. The molecule has 1 amide bonds. The fourth-order valence-electron chi connectivity index (χ4n) is 3.91. The molecule has 6 heteroatoms. The highest BCUT2D eigenvalue weighted by Crippen LogP contribution is 2.26. The minimum Gasteiger partial charge on any atom is -0.354 e. The summed E-state index contributed by atoms with van der Waals surface area (Å²) < 4.78 is 1.74. The van der Waals surface area contributed by atoms with E-state index in [4.69, 9.17) is 0 Å². The highest BCUT2D eigenvalue weighted by atomic mass is 16.1. The first kappa shape index (κ1) is 19.8. The van der Waals surface area contributed by atoms with Gasteiger partial charge in [-0.3, -0.25) is 14.3 Å². The van der Waals surface area contributed by atoms with Crippen LogP contribution in [0.15, 0.2) is 84.8 Å². The Balaban J connectivity index is 1.32. The number of aryl methyl sites for hydroxylation is 1. The summed E-state index contributed by atoms with van der Waals surface area (Å²) >= 11 is 0. The van der Waals surface area contributed by atoms with Crippen molar-refractivity contribution >= 4 is 28.2 Å². The van der Waals surface area contributed by atoms with E-state index in [1.165, 1.54) is 5.56 Å². The number of allylic oxidation sites excluding steroid dienone is 3. The van der Waals surface area contributed by atoms with Gasteiger partial charge in [0.25, 0.3) is 5.91 Å². The number of hydrogen-bond acceptors (Lipinski definition) is 3. The summed E-state index contributed by atoms with van der Waals surface area (Å²) in [5.74, 6) is -0.242. The molecule has 1 aliphatic rings. The van der Waals surface area contributed by atoms with Crippen molar-refractivity contribution in [2.45, 2.75) is 19.9 Å². The summed E-state index contributed by atoms with van der Waals surface area (Å²) in [5.41, 5.74) is 5.67. The fourth-order valence-corrected chi connectivity index (χ4v) is 3.91. The molecular formula is C26H22N4O2. The van der Waals surface area contributed by atoms with Gasteiger partial charge in [0, 0.05) is 34.8 Å². The van der Waals surface area contributed by atoms with Crippen LogP contribution in [0, 0.1) is 6.92 Å². The first-order chi connectivity index (χ1) is 15.5. The highest BCUT2D eigenvalue weighted by Gasteiger charge is 2.19. The summed E-state index contributed by atoms with van der Waals surface area (Å²) in [4.78, 5) is 28.6. The van der Waals surface area contributed by atoms with Gasteiger partial charge in [0.2, 0.25) is 0 Å². The largest absolute Gasteiger partial charge is 0.354 e. The van der Waals surface area contributed by atoms with Crippen molar-refractivity contribution in [1.29, 1.82) is 0 Å². The number of nitrogens with one attached hydrogen (secondary N) is 2. The molecule has 0 spiro atoms. The molecule has 6 nitrogen and oxygen atoms in total. The lowest BCUT2D eigenvalue weighted by atomic mass is 9.98. The topological polar surface area (TPSA) is 79.8 Å². The Morgan fingerprint density at radius 2 is 2.03 bits per heavy atom. The third-order valence-corrected chi connectivity index (χ3v) is 5.51. The quantitative estimate of drug-likeness (QED) is 0.501. The van der Waals surface area contributed by atoms with Gasteiger partial charge in [-0.1, -0.05) is 54.1 Å². The van der Waals surface area contributed by atoms with Crippen molar-refractivity contribution in [2.75, 3.05) is 0 Å². The van der Waals surface area contributed by atoms with Crippen LogP contribution in [0.25, 0.3) is 16.5 Å². The molecule has 0 saturated heterocycles. The lowest BCUT2D eigenvalue weighted by Crippen LogP contribution is -2.23. The van der Waals surface area contributed by atoms with Gasteiger partial charge in [-0.05, 0) is 30.7 Å².